The molecule has 4 fully saturated rings. The third-order valence-corrected chi connectivity index (χ3v) is 14.1. The molecule has 0 aliphatic heterocycles. The molecule has 7 aromatic carbocycles. The van der Waals surface area contributed by atoms with Gasteiger partial charge < -0.3 is 9.80 Å². The maximum absolute atomic E-state index is 2.50. The molecule has 12 rings (SSSR count). The summed E-state index contributed by atoms with van der Waals surface area (Å²) < 4.78 is 2.57. The van der Waals surface area contributed by atoms with E-state index in [4.69, 9.17) is 0 Å². The van der Waals surface area contributed by atoms with Crippen LogP contribution in [0.1, 0.15) is 44.1 Å². The molecule has 4 saturated carbocycles. The predicted octanol–water partition coefficient (Wildman–Crippen LogP) is 15.1. The van der Waals surface area contributed by atoms with Gasteiger partial charge in [0, 0.05) is 42.9 Å². The Kier molecular flexibility index (Phi) is 7.91. The Bertz CT molecular complexity index is 2570. The van der Waals surface area contributed by atoms with Crippen molar-refractivity contribution < 1.29 is 0 Å². The van der Waals surface area contributed by atoms with Crippen LogP contribution in [0.2, 0.25) is 0 Å². The van der Waals surface area contributed by atoms with Crippen LogP contribution in [0, 0.1) is 17.8 Å². The number of benzene rings is 7. The lowest BCUT2D eigenvalue weighted by Crippen LogP contribution is -2.48. The van der Waals surface area contributed by atoms with Gasteiger partial charge in [-0.3, -0.25) is 0 Å². The predicted molar refractivity (Wildman–Crippen MR) is 234 cm³/mol. The molecule has 1 aromatic heterocycles. The van der Waals surface area contributed by atoms with E-state index in [9.17, 15) is 0 Å². The van der Waals surface area contributed by atoms with E-state index in [1.165, 1.54) is 92.6 Å². The molecule has 0 unspecified atom stereocenters. The summed E-state index contributed by atoms with van der Waals surface area (Å²) in [5.41, 5.74) is 11.4. The van der Waals surface area contributed by atoms with Crippen molar-refractivity contribution in [3.63, 3.8) is 0 Å². The molecule has 4 aliphatic rings. The van der Waals surface area contributed by atoms with Crippen molar-refractivity contribution in [2.75, 3.05) is 9.80 Å². The summed E-state index contributed by atoms with van der Waals surface area (Å²) >= 11 is 1.89. The zero-order chi connectivity index (χ0) is 36.3. The fraction of sp³-hybridized carbons (Fsp3) is 0.192. The second kappa shape index (κ2) is 13.3. The fourth-order valence-corrected chi connectivity index (χ4v) is 12.2. The first-order valence-electron chi connectivity index (χ1n) is 20.1. The van der Waals surface area contributed by atoms with E-state index in [0.717, 1.165) is 29.1 Å². The average Bonchev–Trinajstić information content (AvgIpc) is 3.63. The van der Waals surface area contributed by atoms with Gasteiger partial charge in [-0.1, -0.05) is 103 Å². The minimum absolute atomic E-state index is 0.378. The first kappa shape index (κ1) is 32.8. The summed E-state index contributed by atoms with van der Waals surface area (Å²) in [7, 11) is 0. The van der Waals surface area contributed by atoms with E-state index in [-0.39, 0.29) is 0 Å². The molecule has 0 N–H and O–H groups in total. The highest BCUT2D eigenvalue weighted by Crippen LogP contribution is 2.61. The SMILES string of the molecule is c1ccc(-c2ccc(N(c3ccccc3)c3cccc4sc5cccc(N(c6ccccc6)c6ccc(C78CC9CC(CC(C9)C7)C8)cc6)c5c34)cc2)cc1. The van der Waals surface area contributed by atoms with Gasteiger partial charge >= 0.3 is 0 Å². The van der Waals surface area contributed by atoms with Crippen molar-refractivity contribution in [1.82, 2.24) is 0 Å². The monoisotopic (exact) mass is 728 g/mol. The summed E-state index contributed by atoms with van der Waals surface area (Å²) in [6.07, 6.45) is 8.57. The lowest BCUT2D eigenvalue weighted by molar-refractivity contribution is -0.00518. The first-order valence-corrected chi connectivity index (χ1v) is 20.9. The van der Waals surface area contributed by atoms with Crippen LogP contribution in [-0.2, 0) is 5.41 Å². The molecule has 268 valence electrons. The second-order valence-corrected chi connectivity index (χ2v) is 17.5. The molecule has 3 heteroatoms. The number of thiophene rings is 1. The van der Waals surface area contributed by atoms with Gasteiger partial charge in [0.2, 0.25) is 0 Å². The van der Waals surface area contributed by atoms with E-state index < -0.39 is 0 Å². The maximum Gasteiger partial charge on any atom is 0.0555 e. The van der Waals surface area contributed by atoms with Crippen LogP contribution in [0.25, 0.3) is 31.3 Å². The molecule has 1 heterocycles. The van der Waals surface area contributed by atoms with Gasteiger partial charge in [0.25, 0.3) is 0 Å². The fourth-order valence-electron chi connectivity index (χ4n) is 11.1. The van der Waals surface area contributed by atoms with Gasteiger partial charge in [-0.05, 0) is 151 Å². The molecule has 4 aliphatic carbocycles. The molecular weight excluding hydrogens is 685 g/mol. The first-order chi connectivity index (χ1) is 27.2. The zero-order valence-electron chi connectivity index (χ0n) is 31.0. The van der Waals surface area contributed by atoms with Crippen LogP contribution in [0.15, 0.2) is 176 Å². The number of hydrogen-bond acceptors (Lipinski definition) is 3. The summed E-state index contributed by atoms with van der Waals surface area (Å²) in [6, 6.07) is 65.0. The van der Waals surface area contributed by atoms with Crippen molar-refractivity contribution in [1.29, 1.82) is 0 Å². The van der Waals surface area contributed by atoms with Gasteiger partial charge in [-0.2, -0.15) is 0 Å². The van der Waals surface area contributed by atoms with Gasteiger partial charge in [-0.15, -0.1) is 11.3 Å². The largest absolute Gasteiger partial charge is 0.310 e. The molecule has 2 nitrogen and oxygen atoms in total. The standard InChI is InChI=1S/C52H44N2S/c1-4-12-39(13-5-1)40-22-26-44(27-23-40)53(42-14-6-2-7-15-42)46-18-10-20-48-50(46)51-47(19-11-21-49(51)55-48)54(43-16-8-3-9-17-43)45-28-24-41(25-29-45)52-33-36-30-37(34-52)32-38(31-36)35-52/h1-29,36-38H,30-35H2. The van der Waals surface area contributed by atoms with Crippen molar-refractivity contribution in [2.24, 2.45) is 17.8 Å². The molecule has 4 bridgehead atoms. The lowest BCUT2D eigenvalue weighted by atomic mass is 9.48. The van der Waals surface area contributed by atoms with Gasteiger partial charge in [0.1, 0.15) is 0 Å². The quantitative estimate of drug-likeness (QED) is 0.154. The van der Waals surface area contributed by atoms with Crippen LogP contribution >= 0.6 is 11.3 Å². The van der Waals surface area contributed by atoms with Crippen molar-refractivity contribution in [3.05, 3.63) is 181 Å². The van der Waals surface area contributed by atoms with Crippen LogP contribution < -0.4 is 9.80 Å². The Hall–Kier alpha value is -5.64. The number of fused-ring (bicyclic) bond motifs is 3. The number of hydrogen-bond donors (Lipinski definition) is 0. The maximum atomic E-state index is 2.50. The summed E-state index contributed by atoms with van der Waals surface area (Å²) in [6.45, 7) is 0. The molecule has 0 atom stereocenters. The molecule has 8 aromatic rings. The smallest absolute Gasteiger partial charge is 0.0555 e. The Morgan fingerprint density at radius 2 is 0.782 bits per heavy atom. The summed E-state index contributed by atoms with van der Waals surface area (Å²) in [4.78, 5) is 4.93. The lowest BCUT2D eigenvalue weighted by Gasteiger charge is -2.57. The second-order valence-electron chi connectivity index (χ2n) is 16.4. The number of nitrogens with zero attached hydrogens (tertiary/aromatic N) is 2. The Labute approximate surface area is 328 Å². The van der Waals surface area contributed by atoms with Gasteiger partial charge in [0.05, 0.1) is 11.4 Å². The molecule has 55 heavy (non-hydrogen) atoms. The molecule has 0 saturated heterocycles. The minimum Gasteiger partial charge on any atom is -0.310 e. The van der Waals surface area contributed by atoms with E-state index in [2.05, 4.69) is 186 Å². The number of para-hydroxylation sites is 2. The van der Waals surface area contributed by atoms with E-state index in [1.807, 2.05) is 11.3 Å². The third kappa shape index (κ3) is 5.67. The minimum atomic E-state index is 0.378. The summed E-state index contributed by atoms with van der Waals surface area (Å²) in [5.74, 6) is 2.80. The van der Waals surface area contributed by atoms with Crippen LogP contribution in [0.4, 0.5) is 34.1 Å². The van der Waals surface area contributed by atoms with Crippen molar-refractivity contribution in [2.45, 2.75) is 43.9 Å². The Morgan fingerprint density at radius 3 is 1.25 bits per heavy atom. The molecule has 0 radical (unpaired) electrons. The van der Waals surface area contributed by atoms with E-state index in [1.54, 1.807) is 5.56 Å². The highest BCUT2D eigenvalue weighted by Gasteiger charge is 2.51. The van der Waals surface area contributed by atoms with Gasteiger partial charge in [0.15, 0.2) is 0 Å². The Balaban J connectivity index is 1.07. The van der Waals surface area contributed by atoms with Gasteiger partial charge in [-0.25, -0.2) is 0 Å². The number of anilines is 6. The third-order valence-electron chi connectivity index (χ3n) is 13.0. The summed E-state index contributed by atoms with van der Waals surface area (Å²) in [5, 5.41) is 2.56. The molecular formula is C52H44N2S. The van der Waals surface area contributed by atoms with Crippen molar-refractivity contribution in [3.8, 4) is 11.1 Å². The van der Waals surface area contributed by atoms with E-state index in [0.29, 0.717) is 5.41 Å². The Morgan fingerprint density at radius 1 is 0.382 bits per heavy atom. The normalized spacial score (nSPS) is 21.3. The van der Waals surface area contributed by atoms with Crippen LogP contribution in [0.3, 0.4) is 0 Å². The number of rotatable bonds is 8. The average molecular weight is 729 g/mol. The zero-order valence-corrected chi connectivity index (χ0v) is 31.8. The van der Waals surface area contributed by atoms with Crippen LogP contribution in [0.5, 0.6) is 0 Å². The van der Waals surface area contributed by atoms with Crippen LogP contribution in [-0.4, -0.2) is 0 Å². The van der Waals surface area contributed by atoms with E-state index >= 15 is 0 Å². The molecule has 0 amide bonds. The highest BCUT2D eigenvalue weighted by molar-refractivity contribution is 7.26. The highest BCUT2D eigenvalue weighted by atomic mass is 32.1. The van der Waals surface area contributed by atoms with Crippen molar-refractivity contribution >= 4 is 65.6 Å². The molecule has 0 spiro atoms. The topological polar surface area (TPSA) is 6.48 Å².